The molecule has 0 unspecified atom stereocenters. The van der Waals surface area contributed by atoms with Gasteiger partial charge in [0.2, 0.25) is 0 Å². The Hall–Kier alpha value is -3.05. The van der Waals surface area contributed by atoms with Crippen LogP contribution < -0.4 is 10.3 Å². The summed E-state index contributed by atoms with van der Waals surface area (Å²) in [6, 6.07) is 25.9. The number of rotatable bonds is 4. The second kappa shape index (κ2) is 7.45. The minimum atomic E-state index is -0.159. The average molecular weight is 359 g/mol. The zero-order valence-corrected chi connectivity index (χ0v) is 14.8. The minimum absolute atomic E-state index is 0.159. The molecule has 3 aromatic rings. The highest BCUT2D eigenvalue weighted by atomic mass is 32.2. The van der Waals surface area contributed by atoms with E-state index in [1.807, 2.05) is 71.6 Å². The molecule has 1 aliphatic rings. The van der Waals surface area contributed by atoms with Crippen LogP contribution in [-0.2, 0) is 4.79 Å². The number of hydrogen-bond donors (Lipinski definition) is 1. The number of amides is 1. The number of para-hydroxylation sites is 2. The molecule has 0 radical (unpaired) electrons. The number of carbonyl (C=O) groups excluding carboxylic acids is 1. The largest absolute Gasteiger partial charge is 0.330 e. The summed E-state index contributed by atoms with van der Waals surface area (Å²) in [6.07, 6.45) is 1.64. The lowest BCUT2D eigenvalue weighted by Crippen LogP contribution is -2.33. The van der Waals surface area contributed by atoms with Gasteiger partial charge in [-0.05, 0) is 29.8 Å². The van der Waals surface area contributed by atoms with Gasteiger partial charge in [0, 0.05) is 9.79 Å². The zero-order valence-electron chi connectivity index (χ0n) is 14.0. The number of anilines is 2. The van der Waals surface area contributed by atoms with Crippen molar-refractivity contribution in [2.24, 2.45) is 5.10 Å². The van der Waals surface area contributed by atoms with Gasteiger partial charge in [-0.3, -0.25) is 4.79 Å². The highest BCUT2D eigenvalue weighted by Gasteiger charge is 2.24. The first-order valence-corrected chi connectivity index (χ1v) is 9.13. The van der Waals surface area contributed by atoms with Gasteiger partial charge in [0.05, 0.1) is 17.6 Å². The van der Waals surface area contributed by atoms with Gasteiger partial charge in [0.25, 0.3) is 5.91 Å². The summed E-state index contributed by atoms with van der Waals surface area (Å²) in [5.41, 5.74) is 5.64. The monoisotopic (exact) mass is 359 g/mol. The van der Waals surface area contributed by atoms with Crippen LogP contribution in [0.1, 0.15) is 5.56 Å². The van der Waals surface area contributed by atoms with E-state index in [-0.39, 0.29) is 12.5 Å². The van der Waals surface area contributed by atoms with E-state index in [4.69, 9.17) is 0 Å². The lowest BCUT2D eigenvalue weighted by Gasteiger charge is -2.31. The number of hydrogen-bond acceptors (Lipinski definition) is 4. The summed E-state index contributed by atoms with van der Waals surface area (Å²) in [5.74, 6) is -0.159. The normalized spacial score (nSPS) is 12.5. The predicted molar refractivity (Wildman–Crippen MR) is 106 cm³/mol. The zero-order chi connectivity index (χ0) is 17.8. The number of hydrazone groups is 1. The fourth-order valence-corrected chi connectivity index (χ4v) is 3.94. The quantitative estimate of drug-likeness (QED) is 0.553. The summed E-state index contributed by atoms with van der Waals surface area (Å²) < 4.78 is 0. The van der Waals surface area contributed by atoms with Gasteiger partial charge in [-0.2, -0.15) is 5.10 Å². The van der Waals surface area contributed by atoms with Gasteiger partial charge in [-0.1, -0.05) is 66.4 Å². The van der Waals surface area contributed by atoms with Crippen molar-refractivity contribution in [3.63, 3.8) is 0 Å². The molecule has 0 bridgehead atoms. The lowest BCUT2D eigenvalue weighted by atomic mass is 10.2. The maximum Gasteiger partial charge on any atom is 0.260 e. The van der Waals surface area contributed by atoms with E-state index >= 15 is 0 Å². The summed E-state index contributed by atoms with van der Waals surface area (Å²) in [4.78, 5) is 16.8. The minimum Gasteiger partial charge on any atom is -0.330 e. The molecular weight excluding hydrogens is 342 g/mol. The van der Waals surface area contributed by atoms with E-state index in [0.717, 1.165) is 26.7 Å². The number of carbonyl (C=O) groups is 1. The van der Waals surface area contributed by atoms with E-state index in [0.29, 0.717) is 0 Å². The van der Waals surface area contributed by atoms with Gasteiger partial charge in [-0.15, -0.1) is 0 Å². The molecule has 1 N–H and O–H groups in total. The molecule has 5 heteroatoms. The van der Waals surface area contributed by atoms with Gasteiger partial charge < -0.3 is 4.90 Å². The number of nitrogens with one attached hydrogen (secondary N) is 1. The molecule has 128 valence electrons. The molecule has 4 rings (SSSR count). The lowest BCUT2D eigenvalue weighted by molar-refractivity contribution is -0.119. The van der Waals surface area contributed by atoms with Crippen LogP contribution in [0.2, 0.25) is 0 Å². The molecule has 0 atom stereocenters. The van der Waals surface area contributed by atoms with E-state index in [2.05, 4.69) is 22.7 Å². The second-order valence-corrected chi connectivity index (χ2v) is 6.91. The molecule has 1 amide bonds. The highest BCUT2D eigenvalue weighted by molar-refractivity contribution is 7.99. The Kier molecular flexibility index (Phi) is 4.71. The number of benzene rings is 3. The third-order valence-corrected chi connectivity index (χ3v) is 5.17. The maximum absolute atomic E-state index is 12.4. The Morgan fingerprint density at radius 1 is 0.885 bits per heavy atom. The van der Waals surface area contributed by atoms with Crippen molar-refractivity contribution < 1.29 is 4.79 Å². The summed E-state index contributed by atoms with van der Waals surface area (Å²) >= 11 is 1.73. The fourth-order valence-electron chi connectivity index (χ4n) is 2.85. The molecule has 0 aliphatic carbocycles. The van der Waals surface area contributed by atoms with Gasteiger partial charge in [-0.25, -0.2) is 5.43 Å². The molecular formula is C21H17N3OS. The van der Waals surface area contributed by atoms with Gasteiger partial charge >= 0.3 is 0 Å². The molecule has 0 fully saturated rings. The Labute approximate surface area is 156 Å². The fraction of sp³-hybridized carbons (Fsp3) is 0.0476. The molecule has 0 spiro atoms. The Morgan fingerprint density at radius 2 is 1.46 bits per heavy atom. The Balaban J connectivity index is 1.52. The van der Waals surface area contributed by atoms with Crippen LogP contribution in [-0.4, -0.2) is 18.7 Å². The van der Waals surface area contributed by atoms with Gasteiger partial charge in [0.15, 0.2) is 0 Å². The molecule has 0 saturated heterocycles. The predicted octanol–water partition coefficient (Wildman–Crippen LogP) is 4.44. The molecule has 1 heterocycles. The van der Waals surface area contributed by atoms with Crippen LogP contribution in [0, 0.1) is 0 Å². The first kappa shape index (κ1) is 16.4. The van der Waals surface area contributed by atoms with E-state index in [1.165, 1.54) is 0 Å². The summed E-state index contributed by atoms with van der Waals surface area (Å²) in [7, 11) is 0. The van der Waals surface area contributed by atoms with Crippen LogP contribution in [0.4, 0.5) is 11.4 Å². The summed E-state index contributed by atoms with van der Waals surface area (Å²) in [6.45, 7) is 0.209. The maximum atomic E-state index is 12.4. The van der Waals surface area contributed by atoms with E-state index in [1.54, 1.807) is 18.0 Å². The van der Waals surface area contributed by atoms with Crippen LogP contribution in [0.25, 0.3) is 0 Å². The van der Waals surface area contributed by atoms with Crippen molar-refractivity contribution in [2.45, 2.75) is 9.79 Å². The third-order valence-electron chi connectivity index (χ3n) is 4.04. The van der Waals surface area contributed by atoms with Gasteiger partial charge in [0.1, 0.15) is 6.54 Å². The van der Waals surface area contributed by atoms with Crippen LogP contribution in [0.3, 0.4) is 0 Å². The number of nitrogens with zero attached hydrogens (tertiary/aromatic N) is 2. The average Bonchev–Trinajstić information content (AvgIpc) is 2.68. The van der Waals surface area contributed by atoms with Crippen molar-refractivity contribution in [3.8, 4) is 0 Å². The van der Waals surface area contributed by atoms with Crippen LogP contribution >= 0.6 is 11.8 Å². The van der Waals surface area contributed by atoms with Crippen molar-refractivity contribution in [1.29, 1.82) is 0 Å². The smallest absolute Gasteiger partial charge is 0.260 e. The van der Waals surface area contributed by atoms with E-state index in [9.17, 15) is 4.79 Å². The van der Waals surface area contributed by atoms with Crippen LogP contribution in [0.15, 0.2) is 93.8 Å². The molecule has 0 aromatic heterocycles. The second-order valence-electron chi connectivity index (χ2n) is 5.83. The first-order chi connectivity index (χ1) is 12.8. The molecule has 0 saturated carbocycles. The first-order valence-electron chi connectivity index (χ1n) is 8.32. The molecule has 3 aromatic carbocycles. The SMILES string of the molecule is O=C(CN1c2ccccc2Sc2ccccc21)N/N=C\c1ccccc1. The molecule has 1 aliphatic heterocycles. The summed E-state index contributed by atoms with van der Waals surface area (Å²) in [5, 5.41) is 4.06. The molecule has 26 heavy (non-hydrogen) atoms. The highest BCUT2D eigenvalue weighted by Crippen LogP contribution is 2.47. The Bertz CT molecular complexity index is 911. The van der Waals surface area contributed by atoms with Crippen molar-refractivity contribution in [3.05, 3.63) is 84.4 Å². The molecule has 4 nitrogen and oxygen atoms in total. The third kappa shape index (κ3) is 3.48. The standard InChI is InChI=1S/C21H17N3OS/c25-21(23-22-14-16-8-2-1-3-9-16)15-24-17-10-4-6-12-19(17)26-20-13-7-5-11-18(20)24/h1-14H,15H2,(H,23,25)/b22-14-. The van der Waals surface area contributed by atoms with Crippen molar-refractivity contribution in [2.75, 3.05) is 11.4 Å². The topological polar surface area (TPSA) is 44.7 Å². The number of fused-ring (bicyclic) bond motifs is 2. The van der Waals surface area contributed by atoms with Crippen molar-refractivity contribution in [1.82, 2.24) is 5.43 Å². The van der Waals surface area contributed by atoms with Crippen molar-refractivity contribution >= 4 is 35.3 Å². The Morgan fingerprint density at radius 3 is 2.12 bits per heavy atom. The van der Waals surface area contributed by atoms with Crippen LogP contribution in [0.5, 0.6) is 0 Å². The van der Waals surface area contributed by atoms with E-state index < -0.39 is 0 Å².